The van der Waals surface area contributed by atoms with Gasteiger partial charge < -0.3 is 4.90 Å². The van der Waals surface area contributed by atoms with Gasteiger partial charge in [0, 0.05) is 19.3 Å². The smallest absolute Gasteiger partial charge is 0.299 e. The van der Waals surface area contributed by atoms with E-state index in [1.165, 1.54) is 4.90 Å². The quantitative estimate of drug-likeness (QED) is 0.628. The highest BCUT2D eigenvalue weighted by atomic mass is 35.5. The fourth-order valence-corrected chi connectivity index (χ4v) is 3.43. The van der Waals surface area contributed by atoms with Crippen molar-refractivity contribution < 1.29 is 9.59 Å². The van der Waals surface area contributed by atoms with Crippen LogP contribution in [0, 0.1) is 13.8 Å². The summed E-state index contributed by atoms with van der Waals surface area (Å²) in [6.07, 6.45) is 1.68. The van der Waals surface area contributed by atoms with E-state index in [1.807, 2.05) is 12.1 Å². The van der Waals surface area contributed by atoms with E-state index in [0.717, 1.165) is 18.4 Å². The van der Waals surface area contributed by atoms with Gasteiger partial charge in [-0.2, -0.15) is 5.10 Å². The molecule has 0 bridgehead atoms. The van der Waals surface area contributed by atoms with Crippen molar-refractivity contribution in [2.45, 2.75) is 26.7 Å². The Balaban J connectivity index is 2.01. The maximum atomic E-state index is 12.8. The Hall–Kier alpha value is -2.14. The summed E-state index contributed by atoms with van der Waals surface area (Å²) in [5.74, 6) is -1.07. The lowest BCUT2D eigenvalue weighted by molar-refractivity contribution is -0.114. The Morgan fingerprint density at radius 3 is 2.65 bits per heavy atom. The summed E-state index contributed by atoms with van der Waals surface area (Å²) in [6, 6.07) is 5.56. The average Bonchev–Trinajstić information content (AvgIpc) is 2.78. The van der Waals surface area contributed by atoms with Crippen molar-refractivity contribution in [3.63, 3.8) is 0 Å². The van der Waals surface area contributed by atoms with Gasteiger partial charge in [-0.3, -0.25) is 14.3 Å². The maximum absolute atomic E-state index is 12.8. The molecule has 6 heteroatoms. The molecule has 1 aromatic carbocycles. The molecule has 5 nitrogen and oxygen atoms in total. The number of anilines is 1. The Morgan fingerprint density at radius 1 is 1.26 bits per heavy atom. The Kier molecular flexibility index (Phi) is 3.98. The summed E-state index contributed by atoms with van der Waals surface area (Å²) in [6.45, 7) is 4.03. The number of carbonyl (C=O) groups excluding carboxylic acids is 2. The molecule has 0 atom stereocenters. The van der Waals surface area contributed by atoms with Crippen LogP contribution in [-0.2, 0) is 18.3 Å². The Bertz CT molecular complexity index is 810. The predicted molar refractivity (Wildman–Crippen MR) is 89.1 cm³/mol. The monoisotopic (exact) mass is 331 g/mol. The normalized spacial score (nSPS) is 13.8. The lowest BCUT2D eigenvalue weighted by Crippen LogP contribution is -2.40. The van der Waals surface area contributed by atoms with Crippen molar-refractivity contribution in [2.24, 2.45) is 7.05 Å². The molecule has 0 spiro atoms. The van der Waals surface area contributed by atoms with E-state index >= 15 is 0 Å². The lowest BCUT2D eigenvalue weighted by Gasteiger charge is -2.29. The molecule has 0 unspecified atom stereocenters. The highest BCUT2D eigenvalue weighted by molar-refractivity contribution is 6.48. The van der Waals surface area contributed by atoms with E-state index in [1.54, 1.807) is 31.6 Å². The number of Topliss-reactive ketones (excluding diaryl/α,β-unsaturated/α-hetero) is 1. The predicted octanol–water partition coefficient (Wildman–Crippen LogP) is 2.85. The van der Waals surface area contributed by atoms with E-state index in [9.17, 15) is 9.59 Å². The lowest BCUT2D eigenvalue weighted by atomic mass is 10.00. The summed E-state index contributed by atoms with van der Waals surface area (Å²) in [7, 11) is 1.76. The summed E-state index contributed by atoms with van der Waals surface area (Å²) >= 11 is 6.28. The first-order valence-electron chi connectivity index (χ1n) is 7.55. The van der Waals surface area contributed by atoms with Gasteiger partial charge in [-0.15, -0.1) is 0 Å². The first kappa shape index (κ1) is 15.7. The van der Waals surface area contributed by atoms with Crippen LogP contribution in [0.3, 0.4) is 0 Å². The Morgan fingerprint density at radius 2 is 2.00 bits per heavy atom. The number of halogens is 1. The van der Waals surface area contributed by atoms with Gasteiger partial charge in [0.05, 0.1) is 22.0 Å². The van der Waals surface area contributed by atoms with Crippen molar-refractivity contribution in [3.05, 3.63) is 45.7 Å². The van der Waals surface area contributed by atoms with Crippen LogP contribution in [-0.4, -0.2) is 28.0 Å². The van der Waals surface area contributed by atoms with E-state index in [0.29, 0.717) is 34.2 Å². The van der Waals surface area contributed by atoms with Gasteiger partial charge in [0.25, 0.3) is 11.7 Å². The second-order valence-electron chi connectivity index (χ2n) is 5.81. The standard InChI is InChI=1S/C17H18ClN3O2/c1-10-14(11(2)20(3)19-10)16(22)17(23)21-9-5-7-12-6-4-8-13(18)15(12)21/h4,6,8H,5,7,9H2,1-3H3. The molecule has 0 radical (unpaired) electrons. The number of para-hydroxylation sites is 1. The van der Waals surface area contributed by atoms with Crippen molar-refractivity contribution in [1.82, 2.24) is 9.78 Å². The summed E-state index contributed by atoms with van der Waals surface area (Å²) < 4.78 is 1.62. The van der Waals surface area contributed by atoms with Crippen LogP contribution in [0.5, 0.6) is 0 Å². The zero-order valence-corrected chi connectivity index (χ0v) is 14.1. The minimum Gasteiger partial charge on any atom is -0.304 e. The number of carbonyl (C=O) groups is 2. The van der Waals surface area contributed by atoms with Crippen LogP contribution in [0.25, 0.3) is 0 Å². The van der Waals surface area contributed by atoms with Crippen LogP contribution in [0.15, 0.2) is 18.2 Å². The van der Waals surface area contributed by atoms with Crippen molar-refractivity contribution in [1.29, 1.82) is 0 Å². The molecule has 2 heterocycles. The molecule has 23 heavy (non-hydrogen) atoms. The molecule has 1 aliphatic rings. The van der Waals surface area contributed by atoms with Gasteiger partial charge in [0.1, 0.15) is 0 Å². The van der Waals surface area contributed by atoms with E-state index in [2.05, 4.69) is 5.10 Å². The number of amides is 1. The maximum Gasteiger partial charge on any atom is 0.299 e. The molecule has 0 fully saturated rings. The number of ketones is 1. The molecule has 2 aromatic rings. The number of benzene rings is 1. The zero-order valence-electron chi connectivity index (χ0n) is 13.4. The second kappa shape index (κ2) is 5.81. The number of rotatable bonds is 2. The summed E-state index contributed by atoms with van der Waals surface area (Å²) in [5, 5.41) is 4.72. The van der Waals surface area contributed by atoms with E-state index in [-0.39, 0.29) is 0 Å². The molecular weight excluding hydrogens is 314 g/mol. The number of nitrogens with zero attached hydrogens (tertiary/aromatic N) is 3. The fraction of sp³-hybridized carbons (Fsp3) is 0.353. The Labute approximate surface area is 139 Å². The van der Waals surface area contributed by atoms with Gasteiger partial charge in [-0.05, 0) is 38.3 Å². The van der Waals surface area contributed by atoms with Gasteiger partial charge in [-0.25, -0.2) is 0 Å². The topological polar surface area (TPSA) is 55.2 Å². The van der Waals surface area contributed by atoms with Crippen molar-refractivity contribution >= 4 is 29.0 Å². The fourth-order valence-electron chi connectivity index (χ4n) is 3.14. The van der Waals surface area contributed by atoms with Crippen LogP contribution in [0.2, 0.25) is 5.02 Å². The first-order chi connectivity index (χ1) is 10.9. The molecule has 3 rings (SSSR count). The van der Waals surface area contributed by atoms with Crippen LogP contribution in [0.1, 0.15) is 33.7 Å². The number of hydrogen-bond acceptors (Lipinski definition) is 3. The van der Waals surface area contributed by atoms with Gasteiger partial charge in [-0.1, -0.05) is 23.7 Å². The first-order valence-corrected chi connectivity index (χ1v) is 7.93. The third kappa shape index (κ3) is 2.55. The van der Waals surface area contributed by atoms with Crippen LogP contribution < -0.4 is 4.90 Å². The van der Waals surface area contributed by atoms with Gasteiger partial charge in [0.2, 0.25) is 0 Å². The highest BCUT2D eigenvalue weighted by Crippen LogP contribution is 2.34. The minimum atomic E-state index is -0.543. The number of aromatic nitrogens is 2. The molecule has 0 saturated carbocycles. The largest absolute Gasteiger partial charge is 0.304 e. The second-order valence-corrected chi connectivity index (χ2v) is 6.21. The summed E-state index contributed by atoms with van der Waals surface area (Å²) in [5.41, 5.74) is 3.32. The SMILES string of the molecule is Cc1nn(C)c(C)c1C(=O)C(=O)N1CCCc2cccc(Cl)c21. The summed E-state index contributed by atoms with van der Waals surface area (Å²) in [4.78, 5) is 27.0. The molecule has 0 N–H and O–H groups in total. The number of fused-ring (bicyclic) bond motifs is 1. The van der Waals surface area contributed by atoms with Crippen molar-refractivity contribution in [3.8, 4) is 0 Å². The zero-order chi connectivity index (χ0) is 16.7. The molecule has 120 valence electrons. The highest BCUT2D eigenvalue weighted by Gasteiger charge is 2.32. The van der Waals surface area contributed by atoms with Crippen LogP contribution >= 0.6 is 11.6 Å². The van der Waals surface area contributed by atoms with Crippen molar-refractivity contribution in [2.75, 3.05) is 11.4 Å². The molecular formula is C17H18ClN3O2. The number of aryl methyl sites for hydroxylation is 3. The third-order valence-corrected chi connectivity index (χ3v) is 4.65. The number of hydrogen-bond donors (Lipinski definition) is 0. The third-order valence-electron chi connectivity index (χ3n) is 4.34. The van der Waals surface area contributed by atoms with Crippen LogP contribution in [0.4, 0.5) is 5.69 Å². The molecule has 1 aromatic heterocycles. The molecule has 0 aliphatic carbocycles. The molecule has 0 saturated heterocycles. The van der Waals surface area contributed by atoms with Gasteiger partial charge in [0.15, 0.2) is 0 Å². The van der Waals surface area contributed by atoms with E-state index in [4.69, 9.17) is 11.6 Å². The minimum absolute atomic E-state index is 0.386. The molecule has 1 aliphatic heterocycles. The average molecular weight is 332 g/mol. The van der Waals surface area contributed by atoms with Gasteiger partial charge >= 0.3 is 0 Å². The van der Waals surface area contributed by atoms with E-state index < -0.39 is 11.7 Å². The molecule has 1 amide bonds.